The van der Waals surface area contributed by atoms with Crippen molar-refractivity contribution in [3.8, 4) is 0 Å². The highest BCUT2D eigenvalue weighted by atomic mass is 16.2. The Morgan fingerprint density at radius 3 is 2.65 bits per heavy atom. The molecule has 3 aromatic rings. The van der Waals surface area contributed by atoms with E-state index >= 15 is 0 Å². The first kappa shape index (κ1) is 20.7. The van der Waals surface area contributed by atoms with Crippen LogP contribution in [0.1, 0.15) is 41.3 Å². The Morgan fingerprint density at radius 2 is 1.87 bits per heavy atom. The number of hydrogen-bond donors (Lipinski definition) is 1. The summed E-state index contributed by atoms with van der Waals surface area (Å²) >= 11 is 0. The van der Waals surface area contributed by atoms with Crippen molar-refractivity contribution in [1.82, 2.24) is 19.9 Å². The third kappa shape index (κ3) is 5.54. The summed E-state index contributed by atoms with van der Waals surface area (Å²) in [5.41, 5.74) is 4.03. The molecule has 6 nitrogen and oxygen atoms in total. The highest BCUT2D eigenvalue weighted by Gasteiger charge is 2.24. The first-order chi connectivity index (χ1) is 15.1. The van der Waals surface area contributed by atoms with Crippen LogP contribution in [0.4, 0.5) is 11.8 Å². The van der Waals surface area contributed by atoms with Crippen molar-refractivity contribution in [3.05, 3.63) is 83.3 Å². The third-order valence-electron chi connectivity index (χ3n) is 5.43. The molecule has 1 fully saturated rings. The molecule has 0 saturated carbocycles. The van der Waals surface area contributed by atoms with Crippen molar-refractivity contribution in [2.75, 3.05) is 18.4 Å². The zero-order valence-corrected chi connectivity index (χ0v) is 18.0. The van der Waals surface area contributed by atoms with Crippen LogP contribution in [0.3, 0.4) is 0 Å². The Kier molecular flexibility index (Phi) is 6.36. The monoisotopic (exact) mass is 413 g/mol. The summed E-state index contributed by atoms with van der Waals surface area (Å²) in [5, 5.41) is 3.21. The molecule has 1 atom stereocenters. The van der Waals surface area contributed by atoms with Gasteiger partial charge in [0.1, 0.15) is 5.82 Å². The van der Waals surface area contributed by atoms with Gasteiger partial charge in [-0.05, 0) is 62.1 Å². The smallest absolute Gasteiger partial charge is 0.246 e. The molecule has 0 unspecified atom stereocenters. The lowest BCUT2D eigenvalue weighted by Gasteiger charge is -2.32. The second kappa shape index (κ2) is 9.51. The largest absolute Gasteiger partial charge is 0.339 e. The Bertz CT molecular complexity index is 1060. The van der Waals surface area contributed by atoms with Gasteiger partial charge < -0.3 is 10.2 Å². The fourth-order valence-corrected chi connectivity index (χ4v) is 3.95. The summed E-state index contributed by atoms with van der Waals surface area (Å²) < 4.78 is 0. The van der Waals surface area contributed by atoms with Crippen LogP contribution in [0.15, 0.2) is 60.8 Å². The van der Waals surface area contributed by atoms with Gasteiger partial charge >= 0.3 is 0 Å². The van der Waals surface area contributed by atoms with E-state index in [1.807, 2.05) is 73.4 Å². The topological polar surface area (TPSA) is 71.0 Å². The molecular formula is C25H27N5O. The van der Waals surface area contributed by atoms with Crippen LogP contribution in [0, 0.1) is 13.8 Å². The number of likely N-dealkylation sites (tertiary alicyclic amines) is 1. The summed E-state index contributed by atoms with van der Waals surface area (Å²) in [7, 11) is 0. The average molecular weight is 414 g/mol. The van der Waals surface area contributed by atoms with Gasteiger partial charge in [-0.15, -0.1) is 0 Å². The summed E-state index contributed by atoms with van der Waals surface area (Å²) in [4.78, 5) is 27.9. The molecule has 0 spiro atoms. The van der Waals surface area contributed by atoms with E-state index in [1.54, 1.807) is 12.3 Å². The number of carbonyl (C=O) groups excluding carboxylic acids is 1. The van der Waals surface area contributed by atoms with Crippen molar-refractivity contribution < 1.29 is 4.79 Å². The fourth-order valence-electron chi connectivity index (χ4n) is 3.95. The molecule has 1 aromatic carbocycles. The minimum atomic E-state index is 0.0598. The molecule has 2 aromatic heterocycles. The number of anilines is 2. The van der Waals surface area contributed by atoms with Crippen LogP contribution >= 0.6 is 0 Å². The van der Waals surface area contributed by atoms with Crippen molar-refractivity contribution in [3.63, 3.8) is 0 Å². The molecule has 158 valence electrons. The maximum Gasteiger partial charge on any atom is 0.246 e. The number of carbonyl (C=O) groups is 1. The molecule has 0 radical (unpaired) electrons. The fraction of sp³-hybridized carbons (Fsp3) is 0.280. The maximum atomic E-state index is 12.7. The number of benzene rings is 1. The van der Waals surface area contributed by atoms with Gasteiger partial charge in [0.25, 0.3) is 0 Å². The van der Waals surface area contributed by atoms with E-state index in [4.69, 9.17) is 0 Å². The van der Waals surface area contributed by atoms with Crippen molar-refractivity contribution in [1.29, 1.82) is 0 Å². The second-order valence-corrected chi connectivity index (χ2v) is 7.94. The average Bonchev–Trinajstić information content (AvgIpc) is 2.78. The molecule has 1 aliphatic heterocycles. The maximum absolute atomic E-state index is 12.7. The van der Waals surface area contributed by atoms with Crippen LogP contribution in [0.25, 0.3) is 6.08 Å². The van der Waals surface area contributed by atoms with Gasteiger partial charge in [-0.25, -0.2) is 15.0 Å². The minimum absolute atomic E-state index is 0.0598. The Balaban J connectivity index is 1.44. The second-order valence-electron chi connectivity index (χ2n) is 7.94. The molecule has 6 heteroatoms. The van der Waals surface area contributed by atoms with Crippen molar-refractivity contribution in [2.45, 2.75) is 32.6 Å². The molecule has 1 N–H and O–H groups in total. The number of nitrogens with zero attached hydrogens (tertiary/aromatic N) is 4. The molecule has 1 amide bonds. The number of amides is 1. The first-order valence-electron chi connectivity index (χ1n) is 10.6. The van der Waals surface area contributed by atoms with Gasteiger partial charge in [-0.2, -0.15) is 0 Å². The quantitative estimate of drug-likeness (QED) is 0.617. The van der Waals surface area contributed by atoms with Gasteiger partial charge in [0.05, 0.1) is 0 Å². The Morgan fingerprint density at radius 1 is 1.10 bits per heavy atom. The molecular weight excluding hydrogens is 386 g/mol. The molecule has 1 aliphatic rings. The van der Waals surface area contributed by atoms with E-state index in [0.29, 0.717) is 12.5 Å². The number of aryl methyl sites for hydroxylation is 2. The Hall–Kier alpha value is -3.54. The lowest BCUT2D eigenvalue weighted by Crippen LogP contribution is -2.38. The molecule has 0 bridgehead atoms. The molecule has 1 saturated heterocycles. The van der Waals surface area contributed by atoms with Crippen LogP contribution in [0.2, 0.25) is 0 Å². The molecule has 31 heavy (non-hydrogen) atoms. The summed E-state index contributed by atoms with van der Waals surface area (Å²) in [6.07, 6.45) is 7.39. The van der Waals surface area contributed by atoms with Crippen LogP contribution in [0.5, 0.6) is 0 Å². The number of hydrogen-bond acceptors (Lipinski definition) is 5. The summed E-state index contributed by atoms with van der Waals surface area (Å²) in [6.45, 7) is 5.40. The van der Waals surface area contributed by atoms with Crippen molar-refractivity contribution >= 4 is 23.7 Å². The SMILES string of the molecule is Cc1cc(C)nc(Nc2cc([C@H]3CCCN(C(=O)/C=C/c4ccccc4)C3)ccn2)n1. The lowest BCUT2D eigenvalue weighted by molar-refractivity contribution is -0.127. The van der Waals surface area contributed by atoms with Gasteiger partial charge in [-0.1, -0.05) is 30.3 Å². The van der Waals surface area contributed by atoms with Gasteiger partial charge in [0.2, 0.25) is 11.9 Å². The van der Waals surface area contributed by atoms with Crippen LogP contribution in [-0.2, 0) is 4.79 Å². The Labute approximate surface area is 183 Å². The van der Waals surface area contributed by atoms with E-state index in [9.17, 15) is 4.79 Å². The number of rotatable bonds is 5. The van der Waals surface area contributed by atoms with Crippen molar-refractivity contribution in [2.24, 2.45) is 0 Å². The minimum Gasteiger partial charge on any atom is -0.339 e. The van der Waals surface area contributed by atoms with Gasteiger partial charge in [-0.3, -0.25) is 4.79 Å². The van der Waals surface area contributed by atoms with Gasteiger partial charge in [0.15, 0.2) is 0 Å². The van der Waals surface area contributed by atoms with E-state index in [1.165, 1.54) is 5.56 Å². The normalized spacial score (nSPS) is 16.5. The predicted octanol–water partition coefficient (Wildman–Crippen LogP) is 4.65. The zero-order chi connectivity index (χ0) is 21.6. The number of pyridine rings is 1. The van der Waals surface area contributed by atoms with Crippen LogP contribution in [-0.4, -0.2) is 38.8 Å². The van der Waals surface area contributed by atoms with Gasteiger partial charge in [0, 0.05) is 42.7 Å². The molecule has 4 rings (SSSR count). The van der Waals surface area contributed by atoms with E-state index < -0.39 is 0 Å². The highest BCUT2D eigenvalue weighted by Crippen LogP contribution is 2.28. The summed E-state index contributed by atoms with van der Waals surface area (Å²) in [6, 6.07) is 15.9. The highest BCUT2D eigenvalue weighted by molar-refractivity contribution is 5.91. The number of aromatic nitrogens is 3. The molecule has 0 aliphatic carbocycles. The lowest BCUT2D eigenvalue weighted by atomic mass is 9.91. The van der Waals surface area contributed by atoms with E-state index in [-0.39, 0.29) is 11.8 Å². The standard InChI is InChI=1S/C25H27N5O/c1-18-15-19(2)28-25(27-18)29-23-16-21(12-13-26-23)22-9-6-14-30(17-22)24(31)11-10-20-7-4-3-5-8-20/h3-5,7-8,10-13,15-16,22H,6,9,14,17H2,1-2H3,(H,26,27,28,29)/b11-10+/t22-/m0/s1. The number of nitrogens with one attached hydrogen (secondary N) is 1. The third-order valence-corrected chi connectivity index (χ3v) is 5.43. The zero-order valence-electron chi connectivity index (χ0n) is 18.0. The van der Waals surface area contributed by atoms with E-state index in [0.717, 1.165) is 42.2 Å². The summed E-state index contributed by atoms with van der Waals surface area (Å²) in [5.74, 6) is 1.61. The molecule has 3 heterocycles. The van der Waals surface area contributed by atoms with Crippen LogP contribution < -0.4 is 5.32 Å². The first-order valence-corrected chi connectivity index (χ1v) is 10.6. The number of piperidine rings is 1. The predicted molar refractivity (Wildman–Crippen MR) is 123 cm³/mol. The van der Waals surface area contributed by atoms with E-state index in [2.05, 4.69) is 20.3 Å².